The minimum atomic E-state index is -0.131. The predicted molar refractivity (Wildman–Crippen MR) is 110 cm³/mol. The first kappa shape index (κ1) is 19.8. The van der Waals surface area contributed by atoms with Gasteiger partial charge in [0.2, 0.25) is 5.75 Å². The van der Waals surface area contributed by atoms with Crippen molar-refractivity contribution in [2.45, 2.75) is 19.5 Å². The molecule has 1 aromatic carbocycles. The molecule has 0 atom stereocenters. The van der Waals surface area contributed by atoms with Crippen LogP contribution in [0.25, 0.3) is 11.4 Å². The summed E-state index contributed by atoms with van der Waals surface area (Å²) in [7, 11) is 4.77. The van der Waals surface area contributed by atoms with E-state index < -0.39 is 0 Å². The van der Waals surface area contributed by atoms with Gasteiger partial charge < -0.3 is 19.2 Å². The SMILES string of the molecule is COc1cc(CN2CCc3nc(-c4cncnc4)[nH]c(=O)c3C2)cc(OC)c1OC. The summed E-state index contributed by atoms with van der Waals surface area (Å²) >= 11 is 0. The average Bonchev–Trinajstić information content (AvgIpc) is 2.79. The number of aromatic amines is 1. The van der Waals surface area contributed by atoms with Crippen LogP contribution in [0.3, 0.4) is 0 Å². The first-order valence-corrected chi connectivity index (χ1v) is 9.51. The molecular formula is C21H23N5O4. The summed E-state index contributed by atoms with van der Waals surface area (Å²) < 4.78 is 16.3. The van der Waals surface area contributed by atoms with Crippen LogP contribution < -0.4 is 19.8 Å². The molecule has 30 heavy (non-hydrogen) atoms. The molecule has 3 heterocycles. The van der Waals surface area contributed by atoms with Crippen LogP contribution in [0.4, 0.5) is 0 Å². The summed E-state index contributed by atoms with van der Waals surface area (Å²) in [6.45, 7) is 1.94. The van der Waals surface area contributed by atoms with E-state index in [2.05, 4.69) is 24.8 Å². The molecule has 0 saturated carbocycles. The summed E-state index contributed by atoms with van der Waals surface area (Å²) in [5, 5.41) is 0. The molecule has 0 amide bonds. The van der Waals surface area contributed by atoms with Crippen LogP contribution >= 0.6 is 0 Å². The zero-order chi connectivity index (χ0) is 21.1. The van der Waals surface area contributed by atoms with Gasteiger partial charge in [-0.25, -0.2) is 15.0 Å². The number of nitrogens with one attached hydrogen (secondary N) is 1. The third kappa shape index (κ3) is 3.84. The van der Waals surface area contributed by atoms with E-state index in [1.54, 1.807) is 33.7 Å². The molecule has 3 aromatic rings. The number of methoxy groups -OCH3 is 3. The van der Waals surface area contributed by atoms with Gasteiger partial charge >= 0.3 is 0 Å². The number of hydrogen-bond acceptors (Lipinski definition) is 8. The van der Waals surface area contributed by atoms with Crippen LogP contribution in [0.5, 0.6) is 17.2 Å². The minimum absolute atomic E-state index is 0.131. The average molecular weight is 409 g/mol. The number of ether oxygens (including phenoxy) is 3. The highest BCUT2D eigenvalue weighted by Gasteiger charge is 2.23. The van der Waals surface area contributed by atoms with E-state index in [4.69, 9.17) is 14.2 Å². The van der Waals surface area contributed by atoms with Crippen LogP contribution in [0, 0.1) is 0 Å². The van der Waals surface area contributed by atoms with Crippen molar-refractivity contribution in [2.24, 2.45) is 0 Å². The molecule has 1 aliphatic rings. The van der Waals surface area contributed by atoms with Gasteiger partial charge in [-0.1, -0.05) is 0 Å². The fourth-order valence-electron chi connectivity index (χ4n) is 3.66. The Labute approximate surface area is 173 Å². The van der Waals surface area contributed by atoms with Gasteiger partial charge in [0.15, 0.2) is 11.5 Å². The van der Waals surface area contributed by atoms with Crippen LogP contribution in [-0.2, 0) is 19.5 Å². The molecule has 9 heteroatoms. The smallest absolute Gasteiger partial charge is 0.255 e. The van der Waals surface area contributed by atoms with E-state index in [1.165, 1.54) is 6.33 Å². The minimum Gasteiger partial charge on any atom is -0.493 e. The van der Waals surface area contributed by atoms with Crippen LogP contribution in [0.15, 0.2) is 35.6 Å². The van der Waals surface area contributed by atoms with Crippen molar-refractivity contribution < 1.29 is 14.2 Å². The summed E-state index contributed by atoms with van der Waals surface area (Å²) in [6, 6.07) is 3.86. The van der Waals surface area contributed by atoms with Crippen molar-refractivity contribution in [1.82, 2.24) is 24.8 Å². The Morgan fingerprint density at radius 1 is 1.07 bits per heavy atom. The van der Waals surface area contributed by atoms with Crippen LogP contribution in [0.1, 0.15) is 16.8 Å². The van der Waals surface area contributed by atoms with Gasteiger partial charge in [-0.05, 0) is 17.7 Å². The molecule has 0 unspecified atom stereocenters. The number of benzene rings is 1. The lowest BCUT2D eigenvalue weighted by Gasteiger charge is -2.28. The number of rotatable bonds is 6. The molecule has 1 aliphatic heterocycles. The molecule has 0 saturated heterocycles. The van der Waals surface area contributed by atoms with Gasteiger partial charge in [-0.2, -0.15) is 0 Å². The Morgan fingerprint density at radius 3 is 2.40 bits per heavy atom. The number of nitrogens with zero attached hydrogens (tertiary/aromatic N) is 4. The van der Waals surface area contributed by atoms with E-state index in [0.717, 1.165) is 17.8 Å². The largest absolute Gasteiger partial charge is 0.493 e. The zero-order valence-electron chi connectivity index (χ0n) is 17.1. The molecule has 4 rings (SSSR count). The summed E-state index contributed by atoms with van der Waals surface area (Å²) in [5.74, 6) is 2.28. The van der Waals surface area contributed by atoms with Gasteiger partial charge in [0.05, 0.1) is 38.2 Å². The maximum Gasteiger partial charge on any atom is 0.255 e. The lowest BCUT2D eigenvalue weighted by atomic mass is 10.1. The second kappa shape index (κ2) is 8.50. The standard InChI is InChI=1S/C21H23N5O4/c1-28-17-6-13(7-18(29-2)19(17)30-3)10-26-5-4-16-15(11-26)21(27)25-20(24-16)14-8-22-12-23-9-14/h6-9,12H,4-5,10-11H2,1-3H3,(H,24,25,27). The number of fused-ring (bicyclic) bond motifs is 1. The van der Waals surface area contributed by atoms with Gasteiger partial charge in [0.1, 0.15) is 12.2 Å². The monoisotopic (exact) mass is 409 g/mol. The first-order chi connectivity index (χ1) is 14.6. The highest BCUT2D eigenvalue weighted by Crippen LogP contribution is 2.38. The Kier molecular flexibility index (Phi) is 5.62. The summed E-state index contributed by atoms with van der Waals surface area (Å²) in [5.41, 5.74) is 3.08. The van der Waals surface area contributed by atoms with E-state index in [0.29, 0.717) is 53.7 Å². The molecule has 0 radical (unpaired) electrons. The highest BCUT2D eigenvalue weighted by molar-refractivity contribution is 5.54. The van der Waals surface area contributed by atoms with Crippen molar-refractivity contribution in [2.75, 3.05) is 27.9 Å². The van der Waals surface area contributed by atoms with E-state index in [9.17, 15) is 4.79 Å². The Morgan fingerprint density at radius 2 is 1.77 bits per heavy atom. The molecule has 9 nitrogen and oxygen atoms in total. The number of aromatic nitrogens is 4. The first-order valence-electron chi connectivity index (χ1n) is 9.51. The van der Waals surface area contributed by atoms with Crippen molar-refractivity contribution in [1.29, 1.82) is 0 Å². The van der Waals surface area contributed by atoms with Crippen molar-refractivity contribution in [3.05, 3.63) is 58.0 Å². The van der Waals surface area contributed by atoms with Crippen molar-refractivity contribution in [3.8, 4) is 28.6 Å². The lowest BCUT2D eigenvalue weighted by molar-refractivity contribution is 0.240. The van der Waals surface area contributed by atoms with Gasteiger partial charge in [0.25, 0.3) is 5.56 Å². The van der Waals surface area contributed by atoms with E-state index in [1.807, 2.05) is 12.1 Å². The van der Waals surface area contributed by atoms with E-state index >= 15 is 0 Å². The molecule has 0 spiro atoms. The predicted octanol–water partition coefficient (Wildman–Crippen LogP) is 1.81. The quantitative estimate of drug-likeness (QED) is 0.658. The maximum absolute atomic E-state index is 12.7. The maximum atomic E-state index is 12.7. The third-order valence-electron chi connectivity index (χ3n) is 5.11. The number of hydrogen-bond donors (Lipinski definition) is 1. The van der Waals surface area contributed by atoms with Gasteiger partial charge in [-0.3, -0.25) is 9.69 Å². The lowest BCUT2D eigenvalue weighted by Crippen LogP contribution is -2.35. The topological polar surface area (TPSA) is 102 Å². The van der Waals surface area contributed by atoms with Gasteiger partial charge in [0, 0.05) is 38.4 Å². The van der Waals surface area contributed by atoms with Crippen LogP contribution in [-0.4, -0.2) is 52.7 Å². The number of H-pyrrole nitrogens is 1. The molecule has 2 aromatic heterocycles. The second-order valence-corrected chi connectivity index (χ2v) is 6.96. The fourth-order valence-corrected chi connectivity index (χ4v) is 3.66. The summed E-state index contributed by atoms with van der Waals surface area (Å²) in [4.78, 5) is 30.4. The normalized spacial score (nSPS) is 13.6. The molecular weight excluding hydrogens is 386 g/mol. The van der Waals surface area contributed by atoms with Gasteiger partial charge in [-0.15, -0.1) is 0 Å². The second-order valence-electron chi connectivity index (χ2n) is 6.96. The molecule has 0 bridgehead atoms. The van der Waals surface area contributed by atoms with E-state index in [-0.39, 0.29) is 5.56 Å². The molecule has 0 fully saturated rings. The highest BCUT2D eigenvalue weighted by atomic mass is 16.5. The Bertz CT molecular complexity index is 1080. The van der Waals surface area contributed by atoms with Crippen molar-refractivity contribution >= 4 is 0 Å². The van der Waals surface area contributed by atoms with Crippen LogP contribution in [0.2, 0.25) is 0 Å². The zero-order valence-corrected chi connectivity index (χ0v) is 17.1. The molecule has 156 valence electrons. The summed E-state index contributed by atoms with van der Waals surface area (Å²) in [6.07, 6.45) is 5.40. The molecule has 1 N–H and O–H groups in total. The fraction of sp³-hybridized carbons (Fsp3) is 0.333. The molecule has 0 aliphatic carbocycles. The Hall–Kier alpha value is -3.46. The Balaban J connectivity index is 1.58. The van der Waals surface area contributed by atoms with Crippen molar-refractivity contribution in [3.63, 3.8) is 0 Å². The third-order valence-corrected chi connectivity index (χ3v) is 5.11.